The van der Waals surface area contributed by atoms with Crippen LogP contribution in [-0.4, -0.2) is 53.2 Å². The van der Waals surface area contributed by atoms with Gasteiger partial charge in [-0.1, -0.05) is 23.8 Å². The SMILES string of the molecule is CCOC(=O)C1CCCN(C(=O)c2cnc(-c3cccc(C)c3)nc2Oc2ccc3c(c2)OCO3)C1. The van der Waals surface area contributed by atoms with E-state index >= 15 is 0 Å². The molecule has 1 aromatic heterocycles. The second-order valence-electron chi connectivity index (χ2n) is 8.74. The Morgan fingerprint density at radius 3 is 2.83 bits per heavy atom. The van der Waals surface area contributed by atoms with Crippen molar-refractivity contribution in [1.82, 2.24) is 14.9 Å². The average molecular weight is 490 g/mol. The molecule has 2 aliphatic heterocycles. The maximum atomic E-state index is 13.6. The van der Waals surface area contributed by atoms with E-state index in [2.05, 4.69) is 9.97 Å². The van der Waals surface area contributed by atoms with E-state index in [4.69, 9.17) is 18.9 Å². The number of carbonyl (C=O) groups excluding carboxylic acids is 2. The fourth-order valence-electron chi connectivity index (χ4n) is 4.35. The van der Waals surface area contributed by atoms with E-state index in [9.17, 15) is 9.59 Å². The summed E-state index contributed by atoms with van der Waals surface area (Å²) in [4.78, 5) is 36.6. The summed E-state index contributed by atoms with van der Waals surface area (Å²) in [5.74, 6) is 1.27. The Hall–Kier alpha value is -4.14. The van der Waals surface area contributed by atoms with E-state index in [0.29, 0.717) is 49.1 Å². The predicted molar refractivity (Wildman–Crippen MR) is 130 cm³/mol. The van der Waals surface area contributed by atoms with Crippen LogP contribution in [0.3, 0.4) is 0 Å². The summed E-state index contributed by atoms with van der Waals surface area (Å²) in [7, 11) is 0. The minimum Gasteiger partial charge on any atom is -0.466 e. The largest absolute Gasteiger partial charge is 0.466 e. The third-order valence-corrected chi connectivity index (χ3v) is 6.15. The summed E-state index contributed by atoms with van der Waals surface area (Å²) in [6, 6.07) is 13.0. The molecule has 1 saturated heterocycles. The van der Waals surface area contributed by atoms with Crippen LogP contribution in [-0.2, 0) is 9.53 Å². The molecule has 0 bridgehead atoms. The van der Waals surface area contributed by atoms with Gasteiger partial charge in [0.25, 0.3) is 5.91 Å². The first-order chi connectivity index (χ1) is 17.5. The number of rotatable bonds is 6. The molecule has 5 rings (SSSR count). The zero-order chi connectivity index (χ0) is 25.1. The molecule has 9 heteroatoms. The molecule has 0 spiro atoms. The molecule has 3 aromatic rings. The van der Waals surface area contributed by atoms with E-state index in [1.807, 2.05) is 31.2 Å². The molecule has 36 heavy (non-hydrogen) atoms. The molecule has 0 saturated carbocycles. The zero-order valence-electron chi connectivity index (χ0n) is 20.2. The van der Waals surface area contributed by atoms with Gasteiger partial charge in [0.2, 0.25) is 12.7 Å². The summed E-state index contributed by atoms with van der Waals surface area (Å²) >= 11 is 0. The van der Waals surface area contributed by atoms with Crippen LogP contribution in [0.15, 0.2) is 48.7 Å². The van der Waals surface area contributed by atoms with Crippen molar-refractivity contribution in [2.24, 2.45) is 5.92 Å². The Bertz CT molecular complexity index is 1290. The van der Waals surface area contributed by atoms with Crippen molar-refractivity contribution in [2.45, 2.75) is 26.7 Å². The van der Waals surface area contributed by atoms with Gasteiger partial charge in [-0.05, 0) is 44.9 Å². The normalized spacial score (nSPS) is 16.5. The molecule has 0 radical (unpaired) electrons. The second kappa shape index (κ2) is 10.2. The maximum Gasteiger partial charge on any atom is 0.310 e. The lowest BCUT2D eigenvalue weighted by molar-refractivity contribution is -0.149. The number of aryl methyl sites for hydroxylation is 1. The zero-order valence-corrected chi connectivity index (χ0v) is 20.2. The number of fused-ring (bicyclic) bond motifs is 1. The number of carbonyl (C=O) groups is 2. The first kappa shape index (κ1) is 23.6. The standard InChI is InChI=1S/C27H27N3O6/c1-3-33-27(32)19-8-5-11-30(15-19)26(31)21-14-28-24(18-7-4-6-17(2)12-18)29-25(21)36-20-9-10-22-23(13-20)35-16-34-22/h4,6-7,9-10,12-14,19H,3,5,8,11,15-16H2,1-2H3. The molecule has 3 heterocycles. The lowest BCUT2D eigenvalue weighted by Crippen LogP contribution is -2.43. The van der Waals surface area contributed by atoms with Crippen molar-refractivity contribution >= 4 is 11.9 Å². The molecular formula is C27H27N3O6. The van der Waals surface area contributed by atoms with Crippen LogP contribution in [0.4, 0.5) is 0 Å². The smallest absolute Gasteiger partial charge is 0.310 e. The number of hydrogen-bond donors (Lipinski definition) is 0. The number of esters is 1. The van der Waals surface area contributed by atoms with Crippen molar-refractivity contribution in [3.05, 3.63) is 59.8 Å². The number of benzene rings is 2. The molecule has 2 aliphatic rings. The number of aromatic nitrogens is 2. The van der Waals surface area contributed by atoms with Crippen molar-refractivity contribution in [2.75, 3.05) is 26.5 Å². The van der Waals surface area contributed by atoms with Gasteiger partial charge >= 0.3 is 5.97 Å². The molecule has 186 valence electrons. The fraction of sp³-hybridized carbons (Fsp3) is 0.333. The first-order valence-corrected chi connectivity index (χ1v) is 12.0. The van der Waals surface area contributed by atoms with Crippen LogP contribution in [0.5, 0.6) is 23.1 Å². The van der Waals surface area contributed by atoms with Gasteiger partial charge in [-0.15, -0.1) is 0 Å². The minimum atomic E-state index is -0.353. The van der Waals surface area contributed by atoms with Crippen molar-refractivity contribution in [3.63, 3.8) is 0 Å². The van der Waals surface area contributed by atoms with E-state index in [1.165, 1.54) is 6.20 Å². The van der Waals surface area contributed by atoms with Crippen molar-refractivity contribution in [1.29, 1.82) is 0 Å². The number of nitrogens with zero attached hydrogens (tertiary/aromatic N) is 3. The van der Waals surface area contributed by atoms with Gasteiger partial charge in [-0.2, -0.15) is 4.98 Å². The molecule has 1 atom stereocenters. The molecule has 1 amide bonds. The number of amides is 1. The van der Waals surface area contributed by atoms with Crippen LogP contribution in [0.25, 0.3) is 11.4 Å². The average Bonchev–Trinajstić information content (AvgIpc) is 3.36. The van der Waals surface area contributed by atoms with E-state index in [-0.39, 0.29) is 42.6 Å². The van der Waals surface area contributed by atoms with Crippen LogP contribution in [0, 0.1) is 12.8 Å². The molecule has 9 nitrogen and oxygen atoms in total. The highest BCUT2D eigenvalue weighted by Gasteiger charge is 2.32. The molecule has 0 N–H and O–H groups in total. The first-order valence-electron chi connectivity index (χ1n) is 12.0. The van der Waals surface area contributed by atoms with Gasteiger partial charge in [-0.3, -0.25) is 9.59 Å². The monoisotopic (exact) mass is 489 g/mol. The Morgan fingerprint density at radius 2 is 2.00 bits per heavy atom. The Balaban J connectivity index is 1.47. The maximum absolute atomic E-state index is 13.6. The molecule has 0 aliphatic carbocycles. The molecule has 1 unspecified atom stereocenters. The van der Waals surface area contributed by atoms with Crippen LogP contribution < -0.4 is 14.2 Å². The molecular weight excluding hydrogens is 462 g/mol. The van der Waals surface area contributed by atoms with Gasteiger partial charge < -0.3 is 23.8 Å². The number of ether oxygens (including phenoxy) is 4. The Kier molecular flexibility index (Phi) is 6.71. The van der Waals surface area contributed by atoms with Crippen molar-refractivity contribution < 1.29 is 28.5 Å². The van der Waals surface area contributed by atoms with Crippen molar-refractivity contribution in [3.8, 4) is 34.5 Å². The second-order valence-corrected chi connectivity index (χ2v) is 8.74. The summed E-state index contributed by atoms with van der Waals surface area (Å²) < 4.78 is 22.1. The topological polar surface area (TPSA) is 100 Å². The lowest BCUT2D eigenvalue weighted by atomic mass is 9.97. The van der Waals surface area contributed by atoms with Crippen LogP contribution in [0.2, 0.25) is 0 Å². The van der Waals surface area contributed by atoms with E-state index < -0.39 is 0 Å². The minimum absolute atomic E-state index is 0.128. The van der Waals surface area contributed by atoms with E-state index in [1.54, 1.807) is 30.0 Å². The highest BCUT2D eigenvalue weighted by Crippen LogP contribution is 2.37. The summed E-state index contributed by atoms with van der Waals surface area (Å²) in [5, 5.41) is 0. The summed E-state index contributed by atoms with van der Waals surface area (Å²) in [5.41, 5.74) is 2.09. The van der Waals surface area contributed by atoms with Gasteiger partial charge in [0, 0.05) is 30.9 Å². The van der Waals surface area contributed by atoms with Crippen LogP contribution in [0.1, 0.15) is 35.7 Å². The summed E-state index contributed by atoms with van der Waals surface area (Å²) in [6.45, 7) is 5.02. The molecule has 1 fully saturated rings. The summed E-state index contributed by atoms with van der Waals surface area (Å²) in [6.07, 6.45) is 2.88. The quantitative estimate of drug-likeness (QED) is 0.470. The Labute approximate surface area is 209 Å². The van der Waals surface area contributed by atoms with Gasteiger partial charge in [0.1, 0.15) is 11.3 Å². The van der Waals surface area contributed by atoms with Gasteiger partial charge in [0.05, 0.1) is 12.5 Å². The lowest BCUT2D eigenvalue weighted by Gasteiger charge is -2.31. The third-order valence-electron chi connectivity index (χ3n) is 6.15. The Morgan fingerprint density at radius 1 is 1.14 bits per heavy atom. The molecule has 2 aromatic carbocycles. The number of hydrogen-bond acceptors (Lipinski definition) is 8. The predicted octanol–water partition coefficient (Wildman–Crippen LogP) is 4.39. The number of piperidine rings is 1. The van der Waals surface area contributed by atoms with Gasteiger partial charge in [-0.25, -0.2) is 4.98 Å². The number of likely N-dealkylation sites (tertiary alicyclic amines) is 1. The van der Waals surface area contributed by atoms with Gasteiger partial charge in [0.15, 0.2) is 17.3 Å². The van der Waals surface area contributed by atoms with Crippen LogP contribution >= 0.6 is 0 Å². The van der Waals surface area contributed by atoms with E-state index in [0.717, 1.165) is 11.1 Å². The highest BCUT2D eigenvalue weighted by molar-refractivity contribution is 5.96. The fourth-order valence-corrected chi connectivity index (χ4v) is 4.35. The highest BCUT2D eigenvalue weighted by atomic mass is 16.7. The third kappa shape index (κ3) is 4.95.